The summed E-state index contributed by atoms with van der Waals surface area (Å²) in [6.07, 6.45) is 1.58. The van der Waals surface area contributed by atoms with Gasteiger partial charge in [0.25, 0.3) is 5.91 Å². The van der Waals surface area contributed by atoms with Gasteiger partial charge in [-0.15, -0.1) is 0 Å². The maximum Gasteiger partial charge on any atom is 0.387 e. The number of nitrogens with zero attached hydrogens (tertiary/aromatic N) is 1. The smallest absolute Gasteiger partial charge is 0.387 e. The van der Waals surface area contributed by atoms with Crippen molar-refractivity contribution in [2.24, 2.45) is 0 Å². The molecular weight excluding hydrogens is 374 g/mol. The van der Waals surface area contributed by atoms with Crippen LogP contribution in [0.4, 0.5) is 14.5 Å². The lowest BCUT2D eigenvalue weighted by Gasteiger charge is -2.13. The topological polar surface area (TPSA) is 50.8 Å². The first-order chi connectivity index (χ1) is 13.0. The number of hydrogen-bond donors (Lipinski definition) is 1. The van der Waals surface area contributed by atoms with Gasteiger partial charge in [0, 0.05) is 0 Å². The molecule has 0 spiro atoms. The van der Waals surface area contributed by atoms with Gasteiger partial charge in [-0.25, -0.2) is 0 Å². The maximum absolute atomic E-state index is 12.7. The van der Waals surface area contributed by atoms with Gasteiger partial charge in [-0.1, -0.05) is 24.3 Å². The van der Waals surface area contributed by atoms with Crippen molar-refractivity contribution in [3.63, 3.8) is 0 Å². The number of rotatable bonds is 6. The quantitative estimate of drug-likeness (QED) is 0.598. The zero-order valence-electron chi connectivity index (χ0n) is 14.3. The standard InChI is InChI=1S/C19H16F2N2O3S/c1-2-25-16-11-12(8-9-15(16)26-18(20)21)10-14-17(24)23(19(27)22-14)13-6-4-3-5-7-13/h3-11,18H,2H2,1H3,(H,22,27)/b14-10+. The Morgan fingerprint density at radius 3 is 2.59 bits per heavy atom. The first-order valence-corrected chi connectivity index (χ1v) is 8.54. The van der Waals surface area contributed by atoms with Crippen LogP contribution in [0.25, 0.3) is 6.08 Å². The Balaban J connectivity index is 1.89. The molecule has 0 aromatic heterocycles. The summed E-state index contributed by atoms with van der Waals surface area (Å²) in [6, 6.07) is 13.5. The second kappa shape index (κ2) is 8.13. The van der Waals surface area contributed by atoms with Crippen molar-refractivity contribution in [2.75, 3.05) is 11.5 Å². The molecule has 1 fully saturated rings. The average Bonchev–Trinajstić information content (AvgIpc) is 2.91. The second-order valence-corrected chi connectivity index (χ2v) is 5.87. The van der Waals surface area contributed by atoms with E-state index >= 15 is 0 Å². The number of alkyl halides is 2. The normalized spacial score (nSPS) is 15.4. The van der Waals surface area contributed by atoms with E-state index < -0.39 is 6.61 Å². The summed E-state index contributed by atoms with van der Waals surface area (Å²) in [5.41, 5.74) is 1.50. The van der Waals surface area contributed by atoms with E-state index in [0.717, 1.165) is 0 Å². The molecule has 27 heavy (non-hydrogen) atoms. The van der Waals surface area contributed by atoms with Crippen molar-refractivity contribution in [3.05, 3.63) is 59.8 Å². The lowest BCUT2D eigenvalue weighted by Crippen LogP contribution is -2.30. The molecule has 0 atom stereocenters. The van der Waals surface area contributed by atoms with Crippen LogP contribution in [0.3, 0.4) is 0 Å². The van der Waals surface area contributed by atoms with Gasteiger partial charge in [0.15, 0.2) is 16.6 Å². The van der Waals surface area contributed by atoms with Gasteiger partial charge in [0.1, 0.15) is 5.70 Å². The van der Waals surface area contributed by atoms with Crippen LogP contribution in [0.1, 0.15) is 12.5 Å². The third-order valence-corrected chi connectivity index (χ3v) is 3.97. The number of thiocarbonyl (C=S) groups is 1. The molecule has 140 valence electrons. The van der Waals surface area contributed by atoms with Crippen LogP contribution in [0.15, 0.2) is 54.2 Å². The molecule has 1 aliphatic rings. The van der Waals surface area contributed by atoms with Crippen molar-refractivity contribution in [2.45, 2.75) is 13.5 Å². The molecule has 0 aliphatic carbocycles. The van der Waals surface area contributed by atoms with E-state index in [4.69, 9.17) is 17.0 Å². The molecule has 1 heterocycles. The van der Waals surface area contributed by atoms with Crippen molar-refractivity contribution in [3.8, 4) is 11.5 Å². The highest BCUT2D eigenvalue weighted by Crippen LogP contribution is 2.31. The Morgan fingerprint density at radius 2 is 1.93 bits per heavy atom. The monoisotopic (exact) mass is 390 g/mol. The highest BCUT2D eigenvalue weighted by Gasteiger charge is 2.31. The second-order valence-electron chi connectivity index (χ2n) is 5.48. The summed E-state index contributed by atoms with van der Waals surface area (Å²) in [7, 11) is 0. The zero-order chi connectivity index (χ0) is 19.4. The minimum absolute atomic E-state index is 0.0684. The minimum Gasteiger partial charge on any atom is -0.490 e. The van der Waals surface area contributed by atoms with Gasteiger partial charge in [-0.3, -0.25) is 9.69 Å². The number of halogens is 2. The molecule has 0 unspecified atom stereocenters. The first-order valence-electron chi connectivity index (χ1n) is 8.13. The number of hydrogen-bond acceptors (Lipinski definition) is 4. The first kappa shape index (κ1) is 18.8. The maximum atomic E-state index is 12.7. The van der Waals surface area contributed by atoms with E-state index in [1.807, 2.05) is 18.2 Å². The molecular formula is C19H16F2N2O3S. The lowest BCUT2D eigenvalue weighted by molar-refractivity contribution is -0.113. The van der Waals surface area contributed by atoms with Crippen molar-refractivity contribution in [1.29, 1.82) is 0 Å². The van der Waals surface area contributed by atoms with E-state index in [1.54, 1.807) is 31.2 Å². The number of para-hydroxylation sites is 1. The summed E-state index contributed by atoms with van der Waals surface area (Å²) < 4.78 is 34.8. The minimum atomic E-state index is -2.96. The number of ether oxygens (including phenoxy) is 2. The van der Waals surface area contributed by atoms with E-state index in [0.29, 0.717) is 11.3 Å². The van der Waals surface area contributed by atoms with Crippen LogP contribution in [0.5, 0.6) is 11.5 Å². The van der Waals surface area contributed by atoms with Gasteiger partial charge in [-0.05, 0) is 55.0 Å². The molecule has 1 saturated heterocycles. The largest absolute Gasteiger partial charge is 0.490 e. The van der Waals surface area contributed by atoms with Gasteiger partial charge in [0.05, 0.1) is 12.3 Å². The molecule has 2 aromatic carbocycles. The van der Waals surface area contributed by atoms with Crippen LogP contribution >= 0.6 is 12.2 Å². The van der Waals surface area contributed by atoms with Crippen molar-refractivity contribution < 1.29 is 23.0 Å². The third kappa shape index (κ3) is 4.22. The van der Waals surface area contributed by atoms with Crippen molar-refractivity contribution >= 4 is 35.0 Å². The highest BCUT2D eigenvalue weighted by molar-refractivity contribution is 7.80. The molecule has 1 amide bonds. The van der Waals surface area contributed by atoms with Gasteiger partial charge in [0.2, 0.25) is 0 Å². The Morgan fingerprint density at radius 1 is 1.19 bits per heavy atom. The average molecular weight is 390 g/mol. The fraction of sp³-hybridized carbons (Fsp3) is 0.158. The van der Waals surface area contributed by atoms with Crippen LogP contribution in [-0.2, 0) is 4.79 Å². The molecule has 2 aromatic rings. The molecule has 0 radical (unpaired) electrons. The highest BCUT2D eigenvalue weighted by atomic mass is 32.1. The fourth-order valence-corrected chi connectivity index (χ4v) is 2.89. The van der Waals surface area contributed by atoms with Crippen molar-refractivity contribution in [1.82, 2.24) is 5.32 Å². The summed E-state index contributed by atoms with van der Waals surface area (Å²) in [5, 5.41) is 3.14. The summed E-state index contributed by atoms with van der Waals surface area (Å²) in [5.74, 6) is -0.210. The van der Waals surface area contributed by atoms with Crippen LogP contribution in [-0.4, -0.2) is 24.2 Å². The van der Waals surface area contributed by atoms with E-state index in [-0.39, 0.29) is 34.8 Å². The number of nitrogens with one attached hydrogen (secondary N) is 1. The van der Waals surface area contributed by atoms with Gasteiger partial charge >= 0.3 is 6.61 Å². The fourth-order valence-electron chi connectivity index (χ4n) is 2.59. The summed E-state index contributed by atoms with van der Waals surface area (Å²) in [6.45, 7) is -0.943. The Bertz CT molecular complexity index is 888. The molecule has 1 N–H and O–H groups in total. The molecule has 0 saturated carbocycles. The number of carbonyl (C=O) groups is 1. The predicted molar refractivity (Wildman–Crippen MR) is 102 cm³/mol. The SMILES string of the molecule is CCOc1cc(/C=C2/NC(=S)N(c3ccccc3)C2=O)ccc1OC(F)F. The number of benzene rings is 2. The Kier molecular flexibility index (Phi) is 5.66. The van der Waals surface area contributed by atoms with E-state index in [1.165, 1.54) is 17.0 Å². The molecule has 5 nitrogen and oxygen atoms in total. The van der Waals surface area contributed by atoms with Crippen LogP contribution in [0.2, 0.25) is 0 Å². The molecule has 8 heteroatoms. The number of anilines is 1. The number of amides is 1. The third-order valence-electron chi connectivity index (χ3n) is 3.69. The van der Waals surface area contributed by atoms with Gasteiger partial charge in [-0.2, -0.15) is 8.78 Å². The van der Waals surface area contributed by atoms with Crippen LogP contribution in [0, 0.1) is 0 Å². The Labute approximate surface area is 160 Å². The van der Waals surface area contributed by atoms with E-state index in [9.17, 15) is 13.6 Å². The molecule has 1 aliphatic heterocycles. The van der Waals surface area contributed by atoms with Gasteiger partial charge < -0.3 is 14.8 Å². The molecule has 0 bridgehead atoms. The predicted octanol–water partition coefficient (Wildman–Crippen LogP) is 3.95. The number of carbonyl (C=O) groups excluding carboxylic acids is 1. The lowest BCUT2D eigenvalue weighted by atomic mass is 10.1. The molecule has 3 rings (SSSR count). The van der Waals surface area contributed by atoms with Crippen LogP contribution < -0.4 is 19.7 Å². The zero-order valence-corrected chi connectivity index (χ0v) is 15.1. The summed E-state index contributed by atoms with van der Waals surface area (Å²) >= 11 is 5.25. The Hall–Kier alpha value is -3.00. The summed E-state index contributed by atoms with van der Waals surface area (Å²) in [4.78, 5) is 14.1. The van der Waals surface area contributed by atoms with E-state index in [2.05, 4.69) is 10.1 Å².